The van der Waals surface area contributed by atoms with E-state index in [0.717, 1.165) is 0 Å². The summed E-state index contributed by atoms with van der Waals surface area (Å²) in [7, 11) is 0. The van der Waals surface area contributed by atoms with Gasteiger partial charge in [-0.15, -0.1) is 0 Å². The Morgan fingerprint density at radius 1 is 1.38 bits per heavy atom. The Hall–Kier alpha value is -1.14. The quantitative estimate of drug-likeness (QED) is 0.328. The SMILES string of the molecule is CCONC(=O)C(N)C(=O)OCC. The van der Waals surface area contributed by atoms with E-state index in [1.54, 1.807) is 13.8 Å². The molecule has 0 aliphatic carbocycles. The molecule has 0 aliphatic heterocycles. The third-order valence-corrected chi connectivity index (χ3v) is 1.14. The molecule has 0 fully saturated rings. The zero-order valence-corrected chi connectivity index (χ0v) is 7.70. The maximum atomic E-state index is 11.0. The summed E-state index contributed by atoms with van der Waals surface area (Å²) >= 11 is 0. The number of esters is 1. The van der Waals surface area contributed by atoms with E-state index in [9.17, 15) is 9.59 Å². The molecule has 0 saturated heterocycles. The smallest absolute Gasteiger partial charge is 0.332 e. The summed E-state index contributed by atoms with van der Waals surface area (Å²) < 4.78 is 4.52. The lowest BCUT2D eigenvalue weighted by molar-refractivity contribution is -0.151. The average molecular weight is 190 g/mol. The molecule has 6 nitrogen and oxygen atoms in total. The number of nitrogens with two attached hydrogens (primary N) is 1. The van der Waals surface area contributed by atoms with E-state index in [4.69, 9.17) is 5.73 Å². The van der Waals surface area contributed by atoms with Crippen LogP contribution in [0.3, 0.4) is 0 Å². The molecule has 0 rings (SSSR count). The van der Waals surface area contributed by atoms with E-state index in [2.05, 4.69) is 9.57 Å². The van der Waals surface area contributed by atoms with E-state index in [1.807, 2.05) is 5.48 Å². The molecule has 6 heteroatoms. The standard InChI is InChI=1S/C7H14N2O4/c1-3-12-7(11)5(8)6(10)9-13-4-2/h5H,3-4,8H2,1-2H3,(H,9,10). The van der Waals surface area contributed by atoms with Crippen LogP contribution in [0.2, 0.25) is 0 Å². The third-order valence-electron chi connectivity index (χ3n) is 1.14. The second-order valence-corrected chi connectivity index (χ2v) is 2.13. The summed E-state index contributed by atoms with van der Waals surface area (Å²) in [4.78, 5) is 26.4. The Morgan fingerprint density at radius 3 is 2.46 bits per heavy atom. The number of ether oxygens (including phenoxy) is 1. The van der Waals surface area contributed by atoms with E-state index in [0.29, 0.717) is 6.61 Å². The summed E-state index contributed by atoms with van der Waals surface area (Å²) in [5, 5.41) is 0. The summed E-state index contributed by atoms with van der Waals surface area (Å²) in [5.41, 5.74) is 7.23. The van der Waals surface area contributed by atoms with Crippen molar-refractivity contribution in [3.05, 3.63) is 0 Å². The Kier molecular flexibility index (Phi) is 5.82. The van der Waals surface area contributed by atoms with Crippen molar-refractivity contribution in [2.24, 2.45) is 5.73 Å². The second kappa shape index (κ2) is 6.38. The van der Waals surface area contributed by atoms with E-state index < -0.39 is 17.9 Å². The minimum Gasteiger partial charge on any atom is -0.464 e. The number of carbonyl (C=O) groups excluding carboxylic acids is 2. The molecule has 13 heavy (non-hydrogen) atoms. The Bertz CT molecular complexity index is 183. The van der Waals surface area contributed by atoms with E-state index in [-0.39, 0.29) is 6.61 Å². The Balaban J connectivity index is 3.87. The number of hydrogen-bond donors (Lipinski definition) is 2. The van der Waals surface area contributed by atoms with Crippen LogP contribution in [-0.2, 0) is 19.2 Å². The third kappa shape index (κ3) is 4.44. The summed E-state index contributed by atoms with van der Waals surface area (Å²) in [6.45, 7) is 3.82. The minimum atomic E-state index is -1.33. The first-order valence-corrected chi connectivity index (χ1v) is 3.97. The molecule has 0 spiro atoms. The van der Waals surface area contributed by atoms with Crippen molar-refractivity contribution in [1.82, 2.24) is 5.48 Å². The molecule has 0 heterocycles. The lowest BCUT2D eigenvalue weighted by Crippen LogP contribution is -2.46. The predicted octanol–water partition coefficient (Wildman–Crippen LogP) is -1.06. The van der Waals surface area contributed by atoms with Gasteiger partial charge in [-0.3, -0.25) is 9.63 Å². The number of hydroxylamine groups is 1. The van der Waals surface area contributed by atoms with Gasteiger partial charge in [-0.1, -0.05) is 0 Å². The maximum absolute atomic E-state index is 11.0. The Labute approximate surface area is 76.3 Å². The van der Waals surface area contributed by atoms with Gasteiger partial charge < -0.3 is 10.5 Å². The molecular formula is C7H14N2O4. The fourth-order valence-electron chi connectivity index (χ4n) is 0.546. The van der Waals surface area contributed by atoms with Gasteiger partial charge in [0.15, 0.2) is 6.04 Å². The molecule has 3 N–H and O–H groups in total. The van der Waals surface area contributed by atoms with Gasteiger partial charge in [0.1, 0.15) is 0 Å². The summed E-state index contributed by atoms with van der Waals surface area (Å²) in [5.74, 6) is -1.47. The zero-order valence-electron chi connectivity index (χ0n) is 7.70. The van der Waals surface area contributed by atoms with Gasteiger partial charge in [0.05, 0.1) is 13.2 Å². The minimum absolute atomic E-state index is 0.189. The maximum Gasteiger partial charge on any atom is 0.332 e. The fraction of sp³-hybridized carbons (Fsp3) is 0.714. The highest BCUT2D eigenvalue weighted by molar-refractivity contribution is 6.01. The molecule has 0 aromatic carbocycles. The van der Waals surface area contributed by atoms with Crippen molar-refractivity contribution in [3.63, 3.8) is 0 Å². The molecule has 0 bridgehead atoms. The van der Waals surface area contributed by atoms with Gasteiger partial charge in [0, 0.05) is 0 Å². The highest BCUT2D eigenvalue weighted by Gasteiger charge is 2.23. The molecule has 1 unspecified atom stereocenters. The average Bonchev–Trinajstić information content (AvgIpc) is 2.13. The first kappa shape index (κ1) is 11.9. The fourth-order valence-corrected chi connectivity index (χ4v) is 0.546. The molecule has 0 radical (unpaired) electrons. The lowest BCUT2D eigenvalue weighted by Gasteiger charge is -2.09. The summed E-state index contributed by atoms with van der Waals surface area (Å²) in [6, 6.07) is -1.33. The van der Waals surface area contributed by atoms with E-state index in [1.165, 1.54) is 0 Å². The molecule has 0 aromatic heterocycles. The van der Waals surface area contributed by atoms with Crippen molar-refractivity contribution in [2.45, 2.75) is 19.9 Å². The van der Waals surface area contributed by atoms with Gasteiger partial charge in [0.25, 0.3) is 5.91 Å². The van der Waals surface area contributed by atoms with Crippen LogP contribution in [-0.4, -0.2) is 31.1 Å². The molecule has 1 atom stereocenters. The van der Waals surface area contributed by atoms with Crippen LogP contribution in [0.15, 0.2) is 0 Å². The van der Waals surface area contributed by atoms with Crippen LogP contribution in [0.25, 0.3) is 0 Å². The van der Waals surface area contributed by atoms with Gasteiger partial charge in [-0.05, 0) is 13.8 Å². The van der Waals surface area contributed by atoms with Crippen LogP contribution in [0.1, 0.15) is 13.8 Å². The molecule has 0 aromatic rings. The van der Waals surface area contributed by atoms with Crippen LogP contribution >= 0.6 is 0 Å². The van der Waals surface area contributed by atoms with Crippen molar-refractivity contribution in [1.29, 1.82) is 0 Å². The summed E-state index contributed by atoms with van der Waals surface area (Å²) in [6.07, 6.45) is 0. The number of rotatable bonds is 5. The van der Waals surface area contributed by atoms with Crippen molar-refractivity contribution in [2.75, 3.05) is 13.2 Å². The highest BCUT2D eigenvalue weighted by Crippen LogP contribution is 1.86. The predicted molar refractivity (Wildman–Crippen MR) is 44.4 cm³/mol. The van der Waals surface area contributed by atoms with Crippen LogP contribution < -0.4 is 11.2 Å². The lowest BCUT2D eigenvalue weighted by atomic mass is 10.3. The highest BCUT2D eigenvalue weighted by atomic mass is 16.6. The number of nitrogens with one attached hydrogen (secondary N) is 1. The second-order valence-electron chi connectivity index (χ2n) is 2.13. The molecular weight excluding hydrogens is 176 g/mol. The molecule has 0 saturated carbocycles. The molecule has 0 aliphatic rings. The molecule has 1 amide bonds. The number of amides is 1. The van der Waals surface area contributed by atoms with Crippen LogP contribution in [0, 0.1) is 0 Å². The number of carbonyl (C=O) groups is 2. The van der Waals surface area contributed by atoms with Crippen LogP contribution in [0.5, 0.6) is 0 Å². The zero-order chi connectivity index (χ0) is 10.3. The van der Waals surface area contributed by atoms with Crippen molar-refractivity contribution in [3.8, 4) is 0 Å². The van der Waals surface area contributed by atoms with Crippen LogP contribution in [0.4, 0.5) is 0 Å². The van der Waals surface area contributed by atoms with E-state index >= 15 is 0 Å². The number of hydrogen-bond acceptors (Lipinski definition) is 5. The van der Waals surface area contributed by atoms with Gasteiger partial charge in [-0.25, -0.2) is 10.3 Å². The first-order chi connectivity index (χ1) is 6.13. The van der Waals surface area contributed by atoms with Gasteiger partial charge in [-0.2, -0.15) is 0 Å². The normalized spacial score (nSPS) is 11.9. The first-order valence-electron chi connectivity index (χ1n) is 3.97. The largest absolute Gasteiger partial charge is 0.464 e. The molecule has 76 valence electrons. The monoisotopic (exact) mass is 190 g/mol. The van der Waals surface area contributed by atoms with Gasteiger partial charge >= 0.3 is 5.97 Å². The topological polar surface area (TPSA) is 90.6 Å². The van der Waals surface area contributed by atoms with Crippen molar-refractivity contribution >= 4 is 11.9 Å². The van der Waals surface area contributed by atoms with Crippen molar-refractivity contribution < 1.29 is 19.2 Å². The Morgan fingerprint density at radius 2 is 2.00 bits per heavy atom. The van der Waals surface area contributed by atoms with Gasteiger partial charge in [0.2, 0.25) is 0 Å².